The fraction of sp³-hybridized carbons (Fsp3) is 0.345. The van der Waals surface area contributed by atoms with Crippen molar-refractivity contribution in [2.75, 3.05) is 31.1 Å². The highest BCUT2D eigenvalue weighted by atomic mass is 35.5. The predicted molar refractivity (Wildman–Crippen MR) is 142 cm³/mol. The van der Waals surface area contributed by atoms with Crippen LogP contribution in [0.1, 0.15) is 29.9 Å². The summed E-state index contributed by atoms with van der Waals surface area (Å²) in [6.45, 7) is 1.98. The number of pyridine rings is 1. The molecule has 2 fully saturated rings. The third-order valence-electron chi connectivity index (χ3n) is 8.06. The second kappa shape index (κ2) is 10.6. The zero-order valence-electron chi connectivity index (χ0n) is 21.4. The van der Waals surface area contributed by atoms with E-state index in [4.69, 9.17) is 16.3 Å². The van der Waals surface area contributed by atoms with Gasteiger partial charge in [0.1, 0.15) is 29.0 Å². The maximum Gasteiger partial charge on any atom is 0.415 e. The molecule has 1 aromatic heterocycles. The summed E-state index contributed by atoms with van der Waals surface area (Å²) in [4.78, 5) is 36.4. The van der Waals surface area contributed by atoms with Crippen molar-refractivity contribution in [3.05, 3.63) is 88.3 Å². The number of hydrogen-bond donors (Lipinski definition) is 0. The molecule has 2 saturated heterocycles. The number of aromatic nitrogens is 1. The second-order valence-electron chi connectivity index (χ2n) is 10.4. The zero-order valence-corrected chi connectivity index (χ0v) is 22.2. The van der Waals surface area contributed by atoms with Crippen molar-refractivity contribution in [2.24, 2.45) is 5.92 Å². The molecule has 2 unspecified atom stereocenters. The number of rotatable bonds is 3. The average Bonchev–Trinajstić information content (AvgIpc) is 3.40. The fourth-order valence-electron chi connectivity index (χ4n) is 6.01. The van der Waals surface area contributed by atoms with Crippen molar-refractivity contribution in [3.8, 4) is 5.75 Å². The number of fused-ring (bicyclic) bond motifs is 3. The van der Waals surface area contributed by atoms with E-state index in [1.165, 1.54) is 47.5 Å². The minimum atomic E-state index is -0.656. The first kappa shape index (κ1) is 26.4. The summed E-state index contributed by atoms with van der Waals surface area (Å²) in [5.41, 5.74) is 1.42. The smallest absolute Gasteiger partial charge is 0.410 e. The van der Waals surface area contributed by atoms with E-state index in [1.54, 1.807) is 17.0 Å². The third kappa shape index (κ3) is 5.08. The SMILES string of the molecule is O=C(C1CCN(c2ccc(F)cn2)CC1)N1CC2c3cc(Cl)c(F)cc3CN(C(=O)Oc3ccc(F)cc3)C2C1. The molecule has 3 aliphatic rings. The minimum absolute atomic E-state index is 0.00252. The van der Waals surface area contributed by atoms with Crippen molar-refractivity contribution < 1.29 is 27.5 Å². The number of nitrogens with zero attached hydrogens (tertiary/aromatic N) is 4. The molecule has 0 radical (unpaired) electrons. The largest absolute Gasteiger partial charge is 0.415 e. The van der Waals surface area contributed by atoms with E-state index in [1.807, 2.05) is 4.90 Å². The maximum atomic E-state index is 14.4. The number of halogens is 4. The number of ether oxygens (including phenoxy) is 1. The summed E-state index contributed by atoms with van der Waals surface area (Å²) in [6.07, 6.45) is 1.76. The molecule has 208 valence electrons. The average molecular weight is 571 g/mol. The second-order valence-corrected chi connectivity index (χ2v) is 10.8. The summed E-state index contributed by atoms with van der Waals surface area (Å²) in [5, 5.41) is -0.00797. The first-order valence-corrected chi connectivity index (χ1v) is 13.5. The summed E-state index contributed by atoms with van der Waals surface area (Å²) in [5.74, 6) is -1.04. The van der Waals surface area contributed by atoms with Crippen LogP contribution in [0.3, 0.4) is 0 Å². The number of amides is 2. The molecule has 2 atom stereocenters. The van der Waals surface area contributed by atoms with Gasteiger partial charge in [-0.3, -0.25) is 9.69 Å². The van der Waals surface area contributed by atoms with Crippen LogP contribution in [-0.2, 0) is 11.3 Å². The van der Waals surface area contributed by atoms with Crippen molar-refractivity contribution in [1.82, 2.24) is 14.8 Å². The van der Waals surface area contributed by atoms with Crippen LogP contribution in [0.4, 0.5) is 23.8 Å². The summed E-state index contributed by atoms with van der Waals surface area (Å²) in [6, 6.07) is 10.6. The first-order chi connectivity index (χ1) is 19.3. The summed E-state index contributed by atoms with van der Waals surface area (Å²) in [7, 11) is 0. The molecule has 0 spiro atoms. The number of piperidine rings is 1. The molecule has 11 heteroatoms. The highest BCUT2D eigenvalue weighted by molar-refractivity contribution is 6.30. The van der Waals surface area contributed by atoms with E-state index >= 15 is 0 Å². The van der Waals surface area contributed by atoms with Crippen LogP contribution < -0.4 is 9.64 Å². The quantitative estimate of drug-likeness (QED) is 0.423. The van der Waals surface area contributed by atoms with Gasteiger partial charge in [0.2, 0.25) is 5.91 Å². The van der Waals surface area contributed by atoms with Gasteiger partial charge in [-0.2, -0.15) is 0 Å². The van der Waals surface area contributed by atoms with Gasteiger partial charge >= 0.3 is 6.09 Å². The van der Waals surface area contributed by atoms with Gasteiger partial charge < -0.3 is 14.5 Å². The molecule has 2 amide bonds. The molecule has 3 aromatic rings. The van der Waals surface area contributed by atoms with Gasteiger partial charge in [-0.05, 0) is 72.5 Å². The van der Waals surface area contributed by atoms with Gasteiger partial charge in [0.05, 0.1) is 17.3 Å². The standard InChI is InChI=1S/C29H26ClF3N4O3/c30-24-12-22-18(11-25(24)33)14-37(29(39)40-21-4-1-19(31)2-5-21)26-16-36(15-23(22)26)28(38)17-7-9-35(10-8-17)27-6-3-20(32)13-34-27/h1-6,11-13,17,23,26H,7-10,14-16H2. The van der Waals surface area contributed by atoms with Gasteiger partial charge in [-0.1, -0.05) is 11.6 Å². The number of carbonyl (C=O) groups excluding carboxylic acids is 2. The number of benzene rings is 2. The highest BCUT2D eigenvalue weighted by Crippen LogP contribution is 2.41. The van der Waals surface area contributed by atoms with Crippen molar-refractivity contribution in [1.29, 1.82) is 0 Å². The van der Waals surface area contributed by atoms with Gasteiger partial charge in [0.25, 0.3) is 0 Å². The predicted octanol–water partition coefficient (Wildman–Crippen LogP) is 5.38. The lowest BCUT2D eigenvalue weighted by molar-refractivity contribution is -0.135. The number of carbonyl (C=O) groups is 2. The van der Waals surface area contributed by atoms with Crippen LogP contribution in [0.5, 0.6) is 5.75 Å². The topological polar surface area (TPSA) is 66.0 Å². The van der Waals surface area contributed by atoms with Gasteiger partial charge in [0.15, 0.2) is 0 Å². The van der Waals surface area contributed by atoms with Gasteiger partial charge in [-0.25, -0.2) is 22.9 Å². The van der Waals surface area contributed by atoms with E-state index in [0.29, 0.717) is 50.4 Å². The Labute approximate surface area is 234 Å². The van der Waals surface area contributed by atoms with Crippen LogP contribution in [0.2, 0.25) is 5.02 Å². The summed E-state index contributed by atoms with van der Waals surface area (Å²) >= 11 is 6.13. The number of likely N-dealkylation sites (tertiary alicyclic amines) is 1. The molecule has 4 heterocycles. The Morgan fingerprint density at radius 2 is 1.68 bits per heavy atom. The molecule has 40 heavy (non-hydrogen) atoms. The van der Waals surface area contributed by atoms with Crippen molar-refractivity contribution in [2.45, 2.75) is 31.3 Å². The lowest BCUT2D eigenvalue weighted by Gasteiger charge is -2.37. The Morgan fingerprint density at radius 1 is 0.950 bits per heavy atom. The molecule has 0 bridgehead atoms. The van der Waals surface area contributed by atoms with Crippen molar-refractivity contribution >= 4 is 29.4 Å². The van der Waals surface area contributed by atoms with E-state index in [0.717, 1.165) is 5.56 Å². The highest BCUT2D eigenvalue weighted by Gasteiger charge is 2.47. The zero-order chi connectivity index (χ0) is 28.0. The molecular formula is C29H26ClF3N4O3. The molecule has 0 saturated carbocycles. The molecule has 6 rings (SSSR count). The molecular weight excluding hydrogens is 545 g/mol. The minimum Gasteiger partial charge on any atom is -0.410 e. The Kier molecular flexibility index (Phi) is 7.04. The number of anilines is 1. The lowest BCUT2D eigenvalue weighted by atomic mass is 9.85. The lowest BCUT2D eigenvalue weighted by Crippen LogP contribution is -2.48. The Morgan fingerprint density at radius 3 is 2.38 bits per heavy atom. The first-order valence-electron chi connectivity index (χ1n) is 13.1. The monoisotopic (exact) mass is 570 g/mol. The molecule has 0 aliphatic carbocycles. The Hall–Kier alpha value is -3.79. The van der Waals surface area contributed by atoms with Gasteiger partial charge in [0, 0.05) is 44.6 Å². The molecule has 3 aliphatic heterocycles. The third-order valence-corrected chi connectivity index (χ3v) is 8.35. The molecule has 2 aromatic carbocycles. The van der Waals surface area contributed by atoms with Crippen LogP contribution >= 0.6 is 11.6 Å². The molecule has 0 N–H and O–H groups in total. The molecule has 7 nitrogen and oxygen atoms in total. The number of hydrogen-bond acceptors (Lipinski definition) is 5. The van der Waals surface area contributed by atoms with E-state index < -0.39 is 29.6 Å². The van der Waals surface area contributed by atoms with Crippen LogP contribution in [0.15, 0.2) is 54.7 Å². The Bertz CT molecular complexity index is 1430. The maximum absolute atomic E-state index is 14.4. The van der Waals surface area contributed by atoms with E-state index in [9.17, 15) is 22.8 Å². The van der Waals surface area contributed by atoms with Gasteiger partial charge in [-0.15, -0.1) is 0 Å². The summed E-state index contributed by atoms with van der Waals surface area (Å²) < 4.78 is 46.5. The van der Waals surface area contributed by atoms with E-state index in [-0.39, 0.29) is 35.1 Å². The Balaban J connectivity index is 1.19. The van der Waals surface area contributed by atoms with Crippen molar-refractivity contribution in [3.63, 3.8) is 0 Å². The normalized spacial score (nSPS) is 20.8. The fourth-order valence-corrected chi connectivity index (χ4v) is 6.18. The van der Waals surface area contributed by atoms with Crippen LogP contribution in [0, 0.1) is 23.4 Å². The van der Waals surface area contributed by atoms with Crippen LogP contribution in [0.25, 0.3) is 0 Å². The van der Waals surface area contributed by atoms with Crippen LogP contribution in [-0.4, -0.2) is 59.0 Å². The van der Waals surface area contributed by atoms with E-state index in [2.05, 4.69) is 4.98 Å².